The molecule has 1 aliphatic rings. The summed E-state index contributed by atoms with van der Waals surface area (Å²) < 4.78 is 11.3. The highest BCUT2D eigenvalue weighted by Crippen LogP contribution is 2.42. The van der Waals surface area contributed by atoms with Crippen LogP contribution < -0.4 is 14.8 Å². The fraction of sp³-hybridized carbons (Fsp3) is 0.562. The number of fused-ring (bicyclic) bond motifs is 1. The largest absolute Gasteiger partial charge is 0.448 e. The Labute approximate surface area is 140 Å². The quantitative estimate of drug-likeness (QED) is 0.575. The van der Waals surface area contributed by atoms with E-state index in [1.165, 1.54) is 18.2 Å². The molecule has 1 atom stereocenters. The number of rotatable bonds is 8. The van der Waals surface area contributed by atoms with E-state index in [9.17, 15) is 14.9 Å². The number of likely N-dealkylation sites (N-methyl/N-ethyl adjacent to an activating group) is 1. The highest BCUT2D eigenvalue weighted by atomic mass is 16.7. The highest BCUT2D eigenvalue weighted by molar-refractivity contribution is 5.77. The number of nitro benzene ring substituents is 1. The Morgan fingerprint density at radius 2 is 1.96 bits per heavy atom. The molecule has 0 aliphatic carbocycles. The highest BCUT2D eigenvalue weighted by Gasteiger charge is 2.39. The van der Waals surface area contributed by atoms with Crippen LogP contribution in [0.25, 0.3) is 0 Å². The molecule has 1 aliphatic heterocycles. The Morgan fingerprint density at radius 1 is 1.29 bits per heavy atom. The number of amides is 1. The molecule has 0 fully saturated rings. The van der Waals surface area contributed by atoms with Gasteiger partial charge in [-0.3, -0.25) is 14.9 Å². The molecule has 1 unspecified atom stereocenters. The van der Waals surface area contributed by atoms with Crippen molar-refractivity contribution in [1.29, 1.82) is 0 Å². The molecule has 132 valence electrons. The van der Waals surface area contributed by atoms with Crippen LogP contribution in [0.5, 0.6) is 11.5 Å². The first-order chi connectivity index (χ1) is 11.4. The topological polar surface area (TPSA) is 93.9 Å². The maximum Gasteiger partial charge on any atom is 0.273 e. The Balaban J connectivity index is 1.89. The van der Waals surface area contributed by atoms with Crippen LogP contribution in [0.2, 0.25) is 0 Å². The van der Waals surface area contributed by atoms with Gasteiger partial charge < -0.3 is 19.7 Å². The molecule has 1 heterocycles. The van der Waals surface area contributed by atoms with Gasteiger partial charge in [0.05, 0.1) is 11.0 Å². The third kappa shape index (κ3) is 4.35. The number of nitrogens with one attached hydrogen (secondary N) is 1. The summed E-state index contributed by atoms with van der Waals surface area (Å²) >= 11 is 0. The van der Waals surface area contributed by atoms with Crippen LogP contribution in [0.4, 0.5) is 5.69 Å². The van der Waals surface area contributed by atoms with Crippen LogP contribution in [0, 0.1) is 10.1 Å². The minimum atomic E-state index is -1.16. The average Bonchev–Trinajstić information content (AvgIpc) is 2.85. The van der Waals surface area contributed by atoms with Crippen molar-refractivity contribution in [3.63, 3.8) is 0 Å². The van der Waals surface area contributed by atoms with Crippen LogP contribution in [0.1, 0.15) is 27.2 Å². The minimum absolute atomic E-state index is 0.00767. The summed E-state index contributed by atoms with van der Waals surface area (Å²) in [5.41, 5.74) is -0.0784. The van der Waals surface area contributed by atoms with Crippen molar-refractivity contribution in [1.82, 2.24) is 10.2 Å². The van der Waals surface area contributed by atoms with Gasteiger partial charge in [-0.15, -0.1) is 0 Å². The maximum atomic E-state index is 12.1. The van der Waals surface area contributed by atoms with Gasteiger partial charge in [0.2, 0.25) is 5.91 Å². The molecule has 24 heavy (non-hydrogen) atoms. The molecule has 1 aromatic carbocycles. The number of nitrogens with zero attached hydrogens (tertiary/aromatic N) is 2. The lowest BCUT2D eigenvalue weighted by atomic mass is 10.2. The van der Waals surface area contributed by atoms with Crippen molar-refractivity contribution < 1.29 is 19.2 Å². The van der Waals surface area contributed by atoms with Crippen LogP contribution in [0.15, 0.2) is 18.2 Å². The first kappa shape index (κ1) is 18.0. The van der Waals surface area contributed by atoms with E-state index in [4.69, 9.17) is 9.47 Å². The molecule has 2 rings (SSSR count). The summed E-state index contributed by atoms with van der Waals surface area (Å²) in [5.74, 6) is -0.662. The van der Waals surface area contributed by atoms with E-state index in [0.717, 1.165) is 19.6 Å². The average molecular weight is 337 g/mol. The first-order valence-corrected chi connectivity index (χ1v) is 8.02. The van der Waals surface area contributed by atoms with Gasteiger partial charge in [0, 0.05) is 26.1 Å². The second kappa shape index (κ2) is 7.48. The minimum Gasteiger partial charge on any atom is -0.448 e. The molecule has 8 nitrogen and oxygen atoms in total. The normalized spacial score (nSPS) is 18.7. The predicted molar refractivity (Wildman–Crippen MR) is 88.2 cm³/mol. The Hall–Kier alpha value is -2.35. The van der Waals surface area contributed by atoms with E-state index in [-0.39, 0.29) is 23.8 Å². The number of hydrogen-bond donors (Lipinski definition) is 1. The molecular weight excluding hydrogens is 314 g/mol. The molecule has 8 heteroatoms. The number of carbonyl (C=O) groups excluding carboxylic acids is 1. The summed E-state index contributed by atoms with van der Waals surface area (Å²) in [6, 6.07) is 4.13. The second-order valence-electron chi connectivity index (χ2n) is 5.78. The van der Waals surface area contributed by atoms with E-state index in [1.807, 2.05) is 0 Å². The summed E-state index contributed by atoms with van der Waals surface area (Å²) in [6.07, 6.45) is 0.00767. The SMILES string of the molecule is CCN(CC)CCNC(=O)CC1(C)Oc2ccc([N+](=O)[O-])cc2O1. The zero-order valence-electron chi connectivity index (χ0n) is 14.2. The fourth-order valence-electron chi connectivity index (χ4n) is 2.58. The summed E-state index contributed by atoms with van der Waals surface area (Å²) in [5, 5.41) is 13.6. The van der Waals surface area contributed by atoms with E-state index < -0.39 is 10.7 Å². The van der Waals surface area contributed by atoms with Crippen molar-refractivity contribution in [2.45, 2.75) is 33.0 Å². The number of hydrogen-bond acceptors (Lipinski definition) is 6. The van der Waals surface area contributed by atoms with Crippen molar-refractivity contribution in [2.75, 3.05) is 26.2 Å². The molecule has 0 bridgehead atoms. The zero-order valence-corrected chi connectivity index (χ0v) is 14.2. The van der Waals surface area contributed by atoms with Gasteiger partial charge in [-0.2, -0.15) is 0 Å². The van der Waals surface area contributed by atoms with Gasteiger partial charge in [0.1, 0.15) is 6.42 Å². The van der Waals surface area contributed by atoms with Gasteiger partial charge in [-0.05, 0) is 19.2 Å². The first-order valence-electron chi connectivity index (χ1n) is 8.02. The van der Waals surface area contributed by atoms with E-state index in [0.29, 0.717) is 12.3 Å². The molecule has 0 spiro atoms. The maximum absolute atomic E-state index is 12.1. The molecule has 1 amide bonds. The van der Waals surface area contributed by atoms with Gasteiger partial charge in [-0.25, -0.2) is 0 Å². The Bertz CT molecular complexity index is 618. The van der Waals surface area contributed by atoms with Crippen molar-refractivity contribution in [3.8, 4) is 11.5 Å². The van der Waals surface area contributed by atoms with Crippen LogP contribution in [0.3, 0.4) is 0 Å². The number of non-ortho nitro benzene ring substituents is 1. The standard InChI is InChI=1S/C16H23N3O5/c1-4-18(5-2)9-8-17-15(20)11-16(3)23-13-7-6-12(19(21)22)10-14(13)24-16/h6-7,10H,4-5,8-9,11H2,1-3H3,(H,17,20). The predicted octanol–water partition coefficient (Wildman–Crippen LogP) is 1.93. The number of ether oxygens (including phenoxy) is 2. The van der Waals surface area contributed by atoms with Gasteiger partial charge in [0.25, 0.3) is 11.5 Å². The van der Waals surface area contributed by atoms with Crippen molar-refractivity contribution in [3.05, 3.63) is 28.3 Å². The van der Waals surface area contributed by atoms with Gasteiger partial charge in [0.15, 0.2) is 11.5 Å². The lowest BCUT2D eigenvalue weighted by Crippen LogP contribution is -2.42. The second-order valence-corrected chi connectivity index (χ2v) is 5.78. The lowest BCUT2D eigenvalue weighted by molar-refractivity contribution is -0.384. The molecule has 0 saturated heterocycles. The van der Waals surface area contributed by atoms with Crippen LogP contribution >= 0.6 is 0 Å². The molecular formula is C16H23N3O5. The molecule has 0 saturated carbocycles. The van der Waals surface area contributed by atoms with Crippen molar-refractivity contribution in [2.24, 2.45) is 0 Å². The fourth-order valence-corrected chi connectivity index (χ4v) is 2.58. The van der Waals surface area contributed by atoms with Crippen LogP contribution in [-0.4, -0.2) is 47.7 Å². The van der Waals surface area contributed by atoms with E-state index >= 15 is 0 Å². The van der Waals surface area contributed by atoms with Crippen molar-refractivity contribution >= 4 is 11.6 Å². The monoisotopic (exact) mass is 337 g/mol. The summed E-state index contributed by atoms with van der Waals surface area (Å²) in [7, 11) is 0. The molecule has 0 radical (unpaired) electrons. The Kier molecular flexibility index (Phi) is 5.61. The summed E-state index contributed by atoms with van der Waals surface area (Å²) in [4.78, 5) is 24.6. The smallest absolute Gasteiger partial charge is 0.273 e. The number of nitro groups is 1. The van der Waals surface area contributed by atoms with Crippen LogP contribution in [-0.2, 0) is 4.79 Å². The van der Waals surface area contributed by atoms with E-state index in [1.54, 1.807) is 6.92 Å². The van der Waals surface area contributed by atoms with E-state index in [2.05, 4.69) is 24.1 Å². The molecule has 1 N–H and O–H groups in total. The molecule has 1 aromatic rings. The zero-order chi connectivity index (χ0) is 17.7. The Morgan fingerprint density at radius 3 is 2.58 bits per heavy atom. The third-order valence-electron chi connectivity index (χ3n) is 3.92. The summed E-state index contributed by atoms with van der Waals surface area (Å²) in [6.45, 7) is 8.99. The third-order valence-corrected chi connectivity index (χ3v) is 3.92. The number of benzene rings is 1. The van der Waals surface area contributed by atoms with Gasteiger partial charge in [-0.1, -0.05) is 13.8 Å². The number of carbonyl (C=O) groups is 1. The lowest BCUT2D eigenvalue weighted by Gasteiger charge is -2.23. The van der Waals surface area contributed by atoms with Gasteiger partial charge >= 0.3 is 0 Å². The molecule has 0 aromatic heterocycles.